The van der Waals surface area contributed by atoms with Crippen molar-refractivity contribution in [3.8, 4) is 0 Å². The summed E-state index contributed by atoms with van der Waals surface area (Å²) in [6, 6.07) is 1.57. The molecule has 0 aromatic carbocycles. The first-order valence-corrected chi connectivity index (χ1v) is 4.57. The Morgan fingerprint density at radius 2 is 2.40 bits per heavy atom. The summed E-state index contributed by atoms with van der Waals surface area (Å²) in [7, 11) is 1.23. The van der Waals surface area contributed by atoms with E-state index in [4.69, 9.17) is 23.2 Å². The highest BCUT2D eigenvalue weighted by atomic mass is 35.5. The third-order valence-corrected chi connectivity index (χ3v) is 1.90. The van der Waals surface area contributed by atoms with Crippen molar-refractivity contribution in [3.05, 3.63) is 28.0 Å². The molecule has 0 bridgehead atoms. The molecule has 0 saturated heterocycles. The van der Waals surface area contributed by atoms with Crippen LogP contribution in [0.2, 0.25) is 10.2 Å². The number of pyridine rings is 1. The molecular weight excluding hydrogens is 241 g/mol. The molecule has 0 aliphatic rings. The van der Waals surface area contributed by atoms with Crippen molar-refractivity contribution in [2.24, 2.45) is 5.10 Å². The van der Waals surface area contributed by atoms with Gasteiger partial charge in [-0.25, -0.2) is 15.2 Å². The number of nitrogens with zero attached hydrogens (tertiary/aromatic N) is 2. The Kier molecular flexibility index (Phi) is 4.33. The van der Waals surface area contributed by atoms with E-state index in [-0.39, 0.29) is 5.15 Å². The molecule has 80 valence electrons. The van der Waals surface area contributed by atoms with Gasteiger partial charge in [-0.05, 0) is 6.07 Å². The fourth-order valence-corrected chi connectivity index (χ4v) is 1.05. The number of halogens is 2. The molecule has 0 unspecified atom stereocenters. The molecule has 15 heavy (non-hydrogen) atoms. The van der Waals surface area contributed by atoms with E-state index in [9.17, 15) is 4.79 Å². The topological polar surface area (TPSA) is 63.6 Å². The van der Waals surface area contributed by atoms with Crippen molar-refractivity contribution in [2.45, 2.75) is 0 Å². The van der Waals surface area contributed by atoms with Gasteiger partial charge < -0.3 is 4.74 Å². The van der Waals surface area contributed by atoms with Crippen LogP contribution in [-0.2, 0) is 4.74 Å². The third kappa shape index (κ3) is 3.73. The lowest BCUT2D eigenvalue weighted by Crippen LogP contribution is -2.16. The molecule has 5 nitrogen and oxygen atoms in total. The number of hydrogen-bond acceptors (Lipinski definition) is 4. The molecule has 1 N–H and O–H groups in total. The smallest absolute Gasteiger partial charge is 0.427 e. The van der Waals surface area contributed by atoms with Crippen LogP contribution in [-0.4, -0.2) is 24.4 Å². The zero-order valence-corrected chi connectivity index (χ0v) is 9.21. The third-order valence-electron chi connectivity index (χ3n) is 1.38. The number of hydrogen-bond donors (Lipinski definition) is 1. The molecule has 1 amide bonds. The molecule has 0 spiro atoms. The molecule has 0 radical (unpaired) electrons. The summed E-state index contributed by atoms with van der Waals surface area (Å²) >= 11 is 11.4. The summed E-state index contributed by atoms with van der Waals surface area (Å²) in [5, 5.41) is 4.26. The van der Waals surface area contributed by atoms with Crippen LogP contribution in [0.4, 0.5) is 4.79 Å². The van der Waals surface area contributed by atoms with Crippen molar-refractivity contribution in [1.29, 1.82) is 0 Å². The van der Waals surface area contributed by atoms with Crippen molar-refractivity contribution in [1.82, 2.24) is 10.4 Å². The first-order chi connectivity index (χ1) is 7.13. The number of ether oxygens (including phenoxy) is 1. The second-order valence-corrected chi connectivity index (χ2v) is 3.19. The fraction of sp³-hybridized carbons (Fsp3) is 0.125. The number of aromatic nitrogens is 1. The molecule has 1 rings (SSSR count). The number of carbonyl (C=O) groups is 1. The van der Waals surface area contributed by atoms with Crippen LogP contribution in [0, 0.1) is 0 Å². The summed E-state index contributed by atoms with van der Waals surface area (Å²) in [6.07, 6.45) is 2.06. The van der Waals surface area contributed by atoms with Crippen LogP contribution in [0.1, 0.15) is 5.56 Å². The highest BCUT2D eigenvalue weighted by Crippen LogP contribution is 2.15. The fourth-order valence-electron chi connectivity index (χ4n) is 0.729. The molecule has 7 heteroatoms. The monoisotopic (exact) mass is 247 g/mol. The predicted octanol–water partition coefficient (Wildman–Crippen LogP) is 2.08. The van der Waals surface area contributed by atoms with Crippen LogP contribution in [0.3, 0.4) is 0 Å². The van der Waals surface area contributed by atoms with Crippen LogP contribution in [0.25, 0.3) is 0 Å². The van der Waals surface area contributed by atoms with E-state index < -0.39 is 6.09 Å². The van der Waals surface area contributed by atoms with E-state index in [1.165, 1.54) is 19.5 Å². The van der Waals surface area contributed by atoms with Crippen LogP contribution in [0.5, 0.6) is 0 Å². The number of hydrazone groups is 1. The summed E-state index contributed by atoms with van der Waals surface area (Å²) < 4.78 is 4.30. The van der Waals surface area contributed by atoms with E-state index in [2.05, 4.69) is 20.2 Å². The van der Waals surface area contributed by atoms with Gasteiger partial charge in [-0.2, -0.15) is 5.10 Å². The minimum absolute atomic E-state index is 0.245. The SMILES string of the molecule is COC(=O)N/N=C/c1cc(Cl)cnc1Cl. The van der Waals surface area contributed by atoms with Crippen LogP contribution in [0.15, 0.2) is 17.4 Å². The summed E-state index contributed by atoms with van der Waals surface area (Å²) in [5.41, 5.74) is 2.61. The van der Waals surface area contributed by atoms with Gasteiger partial charge in [-0.1, -0.05) is 23.2 Å². The van der Waals surface area contributed by atoms with E-state index in [1.54, 1.807) is 6.07 Å². The Hall–Kier alpha value is -1.33. The predicted molar refractivity (Wildman–Crippen MR) is 57.4 cm³/mol. The zero-order chi connectivity index (χ0) is 11.3. The number of amides is 1. The maximum Gasteiger partial charge on any atom is 0.427 e. The Bertz CT molecular complexity index is 395. The summed E-state index contributed by atoms with van der Waals surface area (Å²) in [4.78, 5) is 14.4. The van der Waals surface area contributed by atoms with Gasteiger partial charge in [0.05, 0.1) is 18.3 Å². The first kappa shape index (κ1) is 11.7. The van der Waals surface area contributed by atoms with Gasteiger partial charge in [0.25, 0.3) is 0 Å². The van der Waals surface area contributed by atoms with Gasteiger partial charge in [-0.3, -0.25) is 0 Å². The van der Waals surface area contributed by atoms with Gasteiger partial charge in [0, 0.05) is 11.8 Å². The minimum atomic E-state index is -0.669. The molecule has 0 saturated carbocycles. The lowest BCUT2D eigenvalue weighted by atomic mass is 10.3. The van der Waals surface area contributed by atoms with E-state index in [0.29, 0.717) is 10.6 Å². The summed E-state index contributed by atoms with van der Waals surface area (Å²) in [6.45, 7) is 0. The zero-order valence-electron chi connectivity index (χ0n) is 7.70. The van der Waals surface area contributed by atoms with Crippen molar-refractivity contribution in [2.75, 3.05) is 7.11 Å². The number of nitrogens with one attached hydrogen (secondary N) is 1. The Balaban J connectivity index is 2.71. The largest absolute Gasteiger partial charge is 0.452 e. The Morgan fingerprint density at radius 1 is 1.67 bits per heavy atom. The van der Waals surface area contributed by atoms with Crippen molar-refractivity contribution >= 4 is 35.5 Å². The second-order valence-electron chi connectivity index (χ2n) is 2.40. The summed E-state index contributed by atoms with van der Waals surface area (Å²) in [5.74, 6) is 0. The lowest BCUT2D eigenvalue weighted by Gasteiger charge is -1.98. The lowest BCUT2D eigenvalue weighted by molar-refractivity contribution is 0.171. The molecule has 1 aromatic rings. The molecule has 0 aliphatic heterocycles. The van der Waals surface area contributed by atoms with E-state index in [0.717, 1.165) is 0 Å². The molecule has 0 atom stereocenters. The van der Waals surface area contributed by atoms with Gasteiger partial charge in [0.15, 0.2) is 0 Å². The Labute approximate surface area is 96.0 Å². The van der Waals surface area contributed by atoms with Crippen molar-refractivity contribution in [3.63, 3.8) is 0 Å². The quantitative estimate of drug-likeness (QED) is 0.495. The van der Waals surface area contributed by atoms with Crippen LogP contribution < -0.4 is 5.43 Å². The van der Waals surface area contributed by atoms with E-state index >= 15 is 0 Å². The molecule has 0 fully saturated rings. The molecule has 0 aliphatic carbocycles. The van der Waals surface area contributed by atoms with E-state index in [1.807, 2.05) is 0 Å². The normalized spacial score (nSPS) is 10.3. The minimum Gasteiger partial charge on any atom is -0.452 e. The maximum absolute atomic E-state index is 10.6. The average Bonchev–Trinajstić information content (AvgIpc) is 2.23. The number of rotatable bonds is 2. The van der Waals surface area contributed by atoms with Gasteiger partial charge >= 0.3 is 6.09 Å². The van der Waals surface area contributed by atoms with Gasteiger partial charge in [0.1, 0.15) is 5.15 Å². The van der Waals surface area contributed by atoms with Crippen LogP contribution >= 0.6 is 23.2 Å². The maximum atomic E-state index is 10.6. The highest BCUT2D eigenvalue weighted by molar-refractivity contribution is 6.33. The average molecular weight is 248 g/mol. The highest BCUT2D eigenvalue weighted by Gasteiger charge is 2.00. The number of methoxy groups -OCH3 is 1. The second kappa shape index (κ2) is 5.53. The van der Waals surface area contributed by atoms with Gasteiger partial charge in [-0.15, -0.1) is 0 Å². The molecule has 1 heterocycles. The Morgan fingerprint density at radius 3 is 3.07 bits per heavy atom. The standard InChI is InChI=1S/C8H7Cl2N3O2/c1-15-8(14)13-12-3-5-2-6(9)4-11-7(5)10/h2-4H,1H3,(H,13,14)/b12-3+. The molecule has 1 aromatic heterocycles. The first-order valence-electron chi connectivity index (χ1n) is 3.81. The molecular formula is C8H7Cl2N3O2. The van der Waals surface area contributed by atoms with Crippen molar-refractivity contribution < 1.29 is 9.53 Å². The number of carbonyl (C=O) groups excluding carboxylic acids is 1. The van der Waals surface area contributed by atoms with Gasteiger partial charge in [0.2, 0.25) is 0 Å².